The van der Waals surface area contributed by atoms with Crippen LogP contribution in [-0.4, -0.2) is 93.7 Å². The van der Waals surface area contributed by atoms with Gasteiger partial charge in [-0.3, -0.25) is 14.3 Å². The lowest BCUT2D eigenvalue weighted by Crippen LogP contribution is -2.56. The minimum absolute atomic E-state index is 0.0367. The van der Waals surface area contributed by atoms with E-state index in [2.05, 4.69) is 31.8 Å². The Morgan fingerprint density at radius 3 is 2.42 bits per heavy atom. The molecule has 5 aliphatic rings. The Kier molecular flexibility index (Phi) is 8.30. The standard InChI is InChI=1S/C38H44N6O4/c45-35(48-34-26-41-20-14-29(34)15-21-41)30-9-6-8-28(24-30)25-42-27-44(31-10-2-1-3-11-31)38(36(42)46)16-22-40(23-17-38)18-7-19-43-33-13-5-4-12-32(33)39-37(43)47/h1-6,8-13,24,29,34H,7,14-23,25-27H2,(H,39,47)/t34-/m1/s1. The van der Waals surface area contributed by atoms with Gasteiger partial charge in [0.2, 0.25) is 5.91 Å². The van der Waals surface area contributed by atoms with Crippen LogP contribution < -0.4 is 10.6 Å². The highest BCUT2D eigenvalue weighted by Gasteiger charge is 2.53. The summed E-state index contributed by atoms with van der Waals surface area (Å²) in [6.07, 6.45) is 4.48. The molecule has 0 radical (unpaired) electrons. The Morgan fingerprint density at radius 1 is 0.875 bits per heavy atom. The average molecular weight is 649 g/mol. The molecule has 4 aromatic rings. The van der Waals surface area contributed by atoms with Crippen molar-refractivity contribution >= 4 is 28.6 Å². The molecule has 1 N–H and O–H groups in total. The van der Waals surface area contributed by atoms with Gasteiger partial charge >= 0.3 is 11.7 Å². The summed E-state index contributed by atoms with van der Waals surface area (Å²) in [5.41, 5.74) is 3.65. The molecular formula is C38H44N6O4. The Balaban J connectivity index is 0.933. The number of carbonyl (C=O) groups excluding carboxylic acids is 2. The highest BCUT2D eigenvalue weighted by molar-refractivity contribution is 5.94. The van der Waals surface area contributed by atoms with Crippen LogP contribution in [0.25, 0.3) is 11.0 Å². The molecule has 2 bridgehead atoms. The first kappa shape index (κ1) is 30.9. The van der Waals surface area contributed by atoms with Gasteiger partial charge in [-0.05, 0) is 99.6 Å². The molecule has 0 saturated carbocycles. The molecular weight excluding hydrogens is 604 g/mol. The van der Waals surface area contributed by atoms with Crippen molar-refractivity contribution in [3.05, 3.63) is 100 Å². The SMILES string of the molecule is O=C(O[C@@H]1CN2CCC1CC2)c1cccc(CN2CN(c3ccccc3)C3(CCN(CCCn4c(=O)[nH]c5ccccc54)CC3)C2=O)c1. The summed E-state index contributed by atoms with van der Waals surface area (Å²) in [6, 6.07) is 25.7. The van der Waals surface area contributed by atoms with E-state index in [1.807, 2.05) is 76.2 Å². The molecule has 1 amide bonds. The number of aromatic amines is 1. The molecule has 0 aliphatic carbocycles. The molecule has 1 atom stereocenters. The highest BCUT2D eigenvalue weighted by atomic mass is 16.5. The number of para-hydroxylation sites is 3. The number of rotatable bonds is 9. The average Bonchev–Trinajstić information content (AvgIpc) is 3.58. The minimum Gasteiger partial charge on any atom is -0.457 e. The maximum Gasteiger partial charge on any atom is 0.338 e. The summed E-state index contributed by atoms with van der Waals surface area (Å²) in [5.74, 6) is 0.337. The number of amides is 1. The predicted molar refractivity (Wildman–Crippen MR) is 185 cm³/mol. The molecule has 10 nitrogen and oxygen atoms in total. The van der Waals surface area contributed by atoms with E-state index in [-0.39, 0.29) is 23.7 Å². The van der Waals surface area contributed by atoms with Crippen molar-refractivity contribution in [2.24, 2.45) is 5.92 Å². The molecule has 0 unspecified atom stereocenters. The van der Waals surface area contributed by atoms with E-state index in [0.717, 1.165) is 93.7 Å². The summed E-state index contributed by atoms with van der Waals surface area (Å²) in [6.45, 7) is 7.12. The van der Waals surface area contributed by atoms with Gasteiger partial charge in [-0.1, -0.05) is 42.5 Å². The van der Waals surface area contributed by atoms with Crippen LogP contribution in [0.2, 0.25) is 0 Å². The first-order valence-corrected chi connectivity index (χ1v) is 17.5. The van der Waals surface area contributed by atoms with E-state index in [4.69, 9.17) is 4.74 Å². The van der Waals surface area contributed by atoms with Crippen LogP contribution in [0.3, 0.4) is 0 Å². The quantitative estimate of drug-likeness (QED) is 0.271. The maximum absolute atomic E-state index is 14.4. The van der Waals surface area contributed by atoms with Gasteiger partial charge < -0.3 is 24.4 Å². The molecule has 9 rings (SSSR count). The highest BCUT2D eigenvalue weighted by Crippen LogP contribution is 2.40. The van der Waals surface area contributed by atoms with Gasteiger partial charge in [0.1, 0.15) is 11.6 Å². The fraction of sp³-hybridized carbons (Fsp3) is 0.447. The number of carbonyl (C=O) groups is 2. The van der Waals surface area contributed by atoms with Crippen LogP contribution in [0.15, 0.2) is 83.7 Å². The molecule has 10 heteroatoms. The van der Waals surface area contributed by atoms with E-state index in [0.29, 0.717) is 31.2 Å². The van der Waals surface area contributed by atoms with Gasteiger partial charge in [0.15, 0.2) is 0 Å². The third-order valence-corrected chi connectivity index (χ3v) is 11.2. The summed E-state index contributed by atoms with van der Waals surface area (Å²) < 4.78 is 7.84. The zero-order valence-corrected chi connectivity index (χ0v) is 27.4. The molecule has 3 aromatic carbocycles. The number of esters is 1. The second-order valence-corrected chi connectivity index (χ2v) is 14.0. The van der Waals surface area contributed by atoms with Gasteiger partial charge in [0.05, 0.1) is 23.3 Å². The number of aryl methyl sites for hydroxylation is 1. The number of fused-ring (bicyclic) bond motifs is 4. The van der Waals surface area contributed by atoms with Crippen molar-refractivity contribution in [3.63, 3.8) is 0 Å². The number of likely N-dealkylation sites (tertiary alicyclic amines) is 1. The van der Waals surface area contributed by atoms with E-state index < -0.39 is 5.54 Å². The molecule has 5 saturated heterocycles. The van der Waals surface area contributed by atoms with Crippen LogP contribution in [-0.2, 0) is 22.6 Å². The Labute approximate surface area is 280 Å². The summed E-state index contributed by atoms with van der Waals surface area (Å²) >= 11 is 0. The first-order chi connectivity index (χ1) is 23.5. The van der Waals surface area contributed by atoms with E-state index in [1.54, 1.807) is 0 Å². The van der Waals surface area contributed by atoms with Crippen molar-refractivity contribution in [3.8, 4) is 0 Å². The number of piperidine rings is 4. The second kappa shape index (κ2) is 12.9. The van der Waals surface area contributed by atoms with Gasteiger partial charge in [-0.15, -0.1) is 0 Å². The van der Waals surface area contributed by atoms with E-state index in [1.165, 1.54) is 0 Å². The maximum atomic E-state index is 14.4. The third-order valence-electron chi connectivity index (χ3n) is 11.2. The summed E-state index contributed by atoms with van der Waals surface area (Å²) in [4.78, 5) is 52.2. The van der Waals surface area contributed by atoms with Crippen molar-refractivity contribution in [1.29, 1.82) is 0 Å². The van der Waals surface area contributed by atoms with Crippen LogP contribution in [0.4, 0.5) is 5.69 Å². The lowest BCUT2D eigenvalue weighted by atomic mass is 9.85. The largest absolute Gasteiger partial charge is 0.457 e. The van der Waals surface area contributed by atoms with Crippen molar-refractivity contribution < 1.29 is 14.3 Å². The van der Waals surface area contributed by atoms with Crippen LogP contribution in [0, 0.1) is 5.92 Å². The fourth-order valence-corrected chi connectivity index (χ4v) is 8.52. The van der Waals surface area contributed by atoms with Crippen molar-refractivity contribution in [2.75, 3.05) is 50.8 Å². The number of hydrogen-bond donors (Lipinski definition) is 1. The number of anilines is 1. The fourth-order valence-electron chi connectivity index (χ4n) is 8.52. The second-order valence-electron chi connectivity index (χ2n) is 14.0. The molecule has 250 valence electrons. The van der Waals surface area contributed by atoms with E-state index in [9.17, 15) is 14.4 Å². The van der Waals surface area contributed by atoms with E-state index >= 15 is 0 Å². The van der Waals surface area contributed by atoms with Crippen LogP contribution >= 0.6 is 0 Å². The third kappa shape index (κ3) is 5.81. The summed E-state index contributed by atoms with van der Waals surface area (Å²) in [7, 11) is 0. The molecule has 5 aliphatic heterocycles. The minimum atomic E-state index is -0.613. The summed E-state index contributed by atoms with van der Waals surface area (Å²) in [5, 5.41) is 0. The molecule has 1 aromatic heterocycles. The van der Waals surface area contributed by atoms with Gasteiger partial charge in [-0.2, -0.15) is 0 Å². The van der Waals surface area contributed by atoms with Crippen molar-refractivity contribution in [2.45, 2.75) is 56.8 Å². The lowest BCUT2D eigenvalue weighted by molar-refractivity contribution is -0.134. The molecule has 48 heavy (non-hydrogen) atoms. The number of ether oxygens (including phenoxy) is 1. The number of hydrogen-bond acceptors (Lipinski definition) is 7. The lowest BCUT2D eigenvalue weighted by Gasteiger charge is -2.43. The number of benzene rings is 3. The van der Waals surface area contributed by atoms with Crippen LogP contribution in [0.5, 0.6) is 0 Å². The number of nitrogens with one attached hydrogen (secondary N) is 1. The number of aromatic nitrogens is 2. The normalized spacial score (nSPS) is 23.8. The van der Waals surface area contributed by atoms with Gasteiger partial charge in [0, 0.05) is 38.4 Å². The number of imidazole rings is 1. The Hall–Kier alpha value is -4.41. The monoisotopic (exact) mass is 648 g/mol. The Morgan fingerprint density at radius 2 is 1.65 bits per heavy atom. The van der Waals surface area contributed by atoms with Gasteiger partial charge in [0.25, 0.3) is 0 Å². The molecule has 1 spiro atoms. The first-order valence-electron chi connectivity index (χ1n) is 17.5. The molecule has 5 fully saturated rings. The predicted octanol–water partition coefficient (Wildman–Crippen LogP) is 4.31. The zero-order valence-electron chi connectivity index (χ0n) is 27.4. The smallest absolute Gasteiger partial charge is 0.338 e. The molecule has 6 heterocycles. The van der Waals surface area contributed by atoms with Crippen molar-refractivity contribution in [1.82, 2.24) is 24.3 Å². The number of nitrogens with zero attached hydrogens (tertiary/aromatic N) is 5. The Bertz CT molecular complexity index is 1840. The van der Waals surface area contributed by atoms with Crippen LogP contribution in [0.1, 0.15) is 48.0 Å². The topological polar surface area (TPSA) is 94.1 Å². The number of H-pyrrole nitrogens is 1. The van der Waals surface area contributed by atoms with Gasteiger partial charge in [-0.25, -0.2) is 9.59 Å². The zero-order chi connectivity index (χ0) is 32.7.